The molecule has 0 spiro atoms. The quantitative estimate of drug-likeness (QED) is 0.261. The Kier molecular flexibility index (Phi) is 7.40. The van der Waals surface area contributed by atoms with E-state index in [1.807, 2.05) is 18.3 Å². The maximum atomic E-state index is 10.7. The van der Waals surface area contributed by atoms with E-state index in [0.717, 1.165) is 67.1 Å². The van der Waals surface area contributed by atoms with E-state index in [-0.39, 0.29) is 6.42 Å². The number of hydrogen-bond donors (Lipinski definition) is 1. The summed E-state index contributed by atoms with van der Waals surface area (Å²) in [5, 5.41) is 8.78. The summed E-state index contributed by atoms with van der Waals surface area (Å²) in [6, 6.07) is 20.8. The molecule has 0 saturated carbocycles. The summed E-state index contributed by atoms with van der Waals surface area (Å²) in [5.41, 5.74) is 5.91. The lowest BCUT2D eigenvalue weighted by atomic mass is 10.00. The summed E-state index contributed by atoms with van der Waals surface area (Å²) in [6.45, 7) is 2.87. The minimum Gasteiger partial charge on any atom is -0.481 e. The molecular weight excluding hydrogens is 412 g/mol. The molecule has 4 rings (SSSR count). The molecule has 4 aromatic rings. The van der Waals surface area contributed by atoms with E-state index in [2.05, 4.69) is 60.0 Å². The third-order valence-corrected chi connectivity index (χ3v) is 6.04. The van der Waals surface area contributed by atoms with Gasteiger partial charge in [-0.05, 0) is 49.4 Å². The Morgan fingerprint density at radius 3 is 2.36 bits per heavy atom. The van der Waals surface area contributed by atoms with Crippen LogP contribution in [0.15, 0.2) is 77.5 Å². The van der Waals surface area contributed by atoms with Crippen LogP contribution in [-0.2, 0) is 17.8 Å². The van der Waals surface area contributed by atoms with Gasteiger partial charge in [-0.1, -0.05) is 61.4 Å². The molecule has 0 fully saturated rings. The first-order valence-electron chi connectivity index (χ1n) is 11.6. The number of aliphatic carboxylic acids is 1. The largest absolute Gasteiger partial charge is 0.481 e. The summed E-state index contributed by atoms with van der Waals surface area (Å²) in [6.07, 6.45) is 8.74. The topological polar surface area (TPSA) is 68.3 Å². The van der Waals surface area contributed by atoms with Crippen LogP contribution in [-0.4, -0.2) is 20.6 Å². The van der Waals surface area contributed by atoms with Crippen LogP contribution in [0.1, 0.15) is 48.9 Å². The van der Waals surface area contributed by atoms with Crippen molar-refractivity contribution in [3.63, 3.8) is 0 Å². The van der Waals surface area contributed by atoms with E-state index in [4.69, 9.17) is 14.5 Å². The molecule has 0 radical (unpaired) electrons. The fourth-order valence-corrected chi connectivity index (χ4v) is 4.19. The van der Waals surface area contributed by atoms with E-state index in [0.29, 0.717) is 0 Å². The first-order chi connectivity index (χ1) is 16.1. The number of nitrogens with zero attached hydrogens (tertiary/aromatic N) is 2. The zero-order chi connectivity index (χ0) is 23.0. The maximum Gasteiger partial charge on any atom is 0.303 e. The van der Waals surface area contributed by atoms with E-state index < -0.39 is 5.97 Å². The molecule has 0 atom stereocenters. The van der Waals surface area contributed by atoms with Crippen molar-refractivity contribution in [1.82, 2.24) is 9.55 Å². The van der Waals surface area contributed by atoms with E-state index >= 15 is 0 Å². The zero-order valence-corrected chi connectivity index (χ0v) is 19.0. The molecule has 0 unspecified atom stereocenters. The smallest absolute Gasteiger partial charge is 0.303 e. The molecule has 5 heteroatoms. The average Bonchev–Trinajstić information content (AvgIpc) is 3.48. The lowest BCUT2D eigenvalue weighted by Crippen LogP contribution is -2.07. The molecule has 0 saturated heterocycles. The molecule has 33 heavy (non-hydrogen) atoms. The first kappa shape index (κ1) is 22.6. The fourth-order valence-electron chi connectivity index (χ4n) is 4.19. The highest BCUT2D eigenvalue weighted by molar-refractivity contribution is 5.66. The number of rotatable bonds is 11. The number of furan rings is 1. The van der Waals surface area contributed by atoms with Crippen molar-refractivity contribution in [3.8, 4) is 22.7 Å². The molecule has 0 aliphatic rings. The van der Waals surface area contributed by atoms with E-state index in [1.165, 1.54) is 11.1 Å². The van der Waals surface area contributed by atoms with Gasteiger partial charge < -0.3 is 14.1 Å². The number of benzene rings is 2. The van der Waals surface area contributed by atoms with Crippen molar-refractivity contribution in [1.29, 1.82) is 0 Å². The van der Waals surface area contributed by atoms with E-state index in [9.17, 15) is 4.79 Å². The van der Waals surface area contributed by atoms with Crippen LogP contribution in [0.3, 0.4) is 0 Å². The normalized spacial score (nSPS) is 11.1. The molecule has 2 aromatic carbocycles. The molecule has 2 heterocycles. The second-order valence-corrected chi connectivity index (χ2v) is 8.44. The van der Waals surface area contributed by atoms with Gasteiger partial charge in [0.2, 0.25) is 0 Å². The number of imidazole rings is 1. The summed E-state index contributed by atoms with van der Waals surface area (Å²) < 4.78 is 7.77. The van der Waals surface area contributed by atoms with Crippen molar-refractivity contribution in [2.24, 2.45) is 0 Å². The number of carboxylic acids is 1. The SMILES string of the molecule is Cc1cnc(-c2ccc(-c3ccco3)cc2)n1Cc1ccccc1CCCCCCC(=O)O. The van der Waals surface area contributed by atoms with Gasteiger partial charge in [0.05, 0.1) is 6.26 Å². The van der Waals surface area contributed by atoms with Crippen molar-refractivity contribution >= 4 is 5.97 Å². The Morgan fingerprint density at radius 2 is 1.64 bits per heavy atom. The Balaban J connectivity index is 1.46. The van der Waals surface area contributed by atoms with Crippen LogP contribution < -0.4 is 0 Å². The maximum absolute atomic E-state index is 10.7. The fraction of sp³-hybridized carbons (Fsp3) is 0.286. The predicted octanol–water partition coefficient (Wildman–Crippen LogP) is 6.74. The summed E-state index contributed by atoms with van der Waals surface area (Å²) in [4.78, 5) is 15.4. The highest BCUT2D eigenvalue weighted by atomic mass is 16.4. The Bertz CT molecular complexity index is 1170. The molecule has 0 aliphatic carbocycles. The van der Waals surface area contributed by atoms with Crippen LogP contribution in [0.25, 0.3) is 22.7 Å². The van der Waals surface area contributed by atoms with Crippen molar-refractivity contribution in [3.05, 3.63) is 89.9 Å². The Hall–Kier alpha value is -3.60. The molecule has 0 bridgehead atoms. The number of carboxylic acid groups (broad SMARTS) is 1. The van der Waals surface area contributed by atoms with Crippen LogP contribution in [0.2, 0.25) is 0 Å². The lowest BCUT2D eigenvalue weighted by Gasteiger charge is -2.14. The first-order valence-corrected chi connectivity index (χ1v) is 11.6. The van der Waals surface area contributed by atoms with Crippen molar-refractivity contribution < 1.29 is 14.3 Å². The highest BCUT2D eigenvalue weighted by Crippen LogP contribution is 2.26. The number of unbranched alkanes of at least 4 members (excludes halogenated alkanes) is 3. The van der Waals surface area contributed by atoms with Gasteiger partial charge in [0.1, 0.15) is 11.6 Å². The van der Waals surface area contributed by atoms with Gasteiger partial charge in [0.25, 0.3) is 0 Å². The summed E-state index contributed by atoms with van der Waals surface area (Å²) >= 11 is 0. The molecule has 1 N–H and O–H groups in total. The van der Waals surface area contributed by atoms with Crippen LogP contribution in [0, 0.1) is 6.92 Å². The second-order valence-electron chi connectivity index (χ2n) is 8.44. The highest BCUT2D eigenvalue weighted by Gasteiger charge is 2.12. The molecule has 0 aliphatic heterocycles. The standard InChI is InChI=1S/C28H30N2O3/c1-21-19-29-28(24-16-14-23(15-17-24)26-12-8-18-33-26)30(21)20-25-11-7-6-10-22(25)9-4-2-3-5-13-27(31)32/h6-8,10-12,14-19H,2-5,9,13,20H2,1H3,(H,31,32). The molecule has 5 nitrogen and oxygen atoms in total. The average molecular weight is 443 g/mol. The minimum absolute atomic E-state index is 0.266. The minimum atomic E-state index is -0.706. The second kappa shape index (κ2) is 10.8. The van der Waals surface area contributed by atoms with Crippen molar-refractivity contribution in [2.75, 3.05) is 0 Å². The number of hydrogen-bond acceptors (Lipinski definition) is 3. The van der Waals surface area contributed by atoms with E-state index in [1.54, 1.807) is 6.26 Å². The number of carbonyl (C=O) groups is 1. The zero-order valence-electron chi connectivity index (χ0n) is 19.0. The summed E-state index contributed by atoms with van der Waals surface area (Å²) in [7, 11) is 0. The van der Waals surface area contributed by atoms with Gasteiger partial charge in [0, 0.05) is 36.0 Å². The van der Waals surface area contributed by atoms with Gasteiger partial charge in [0.15, 0.2) is 0 Å². The van der Waals surface area contributed by atoms with Crippen molar-refractivity contribution in [2.45, 2.75) is 52.0 Å². The molecule has 170 valence electrons. The predicted molar refractivity (Wildman–Crippen MR) is 130 cm³/mol. The van der Waals surface area contributed by atoms with Gasteiger partial charge >= 0.3 is 5.97 Å². The van der Waals surface area contributed by atoms with Gasteiger partial charge in [-0.2, -0.15) is 0 Å². The monoisotopic (exact) mass is 442 g/mol. The van der Waals surface area contributed by atoms with Crippen LogP contribution in [0.4, 0.5) is 0 Å². The number of aromatic nitrogens is 2. The third kappa shape index (κ3) is 5.80. The van der Waals surface area contributed by atoms with Gasteiger partial charge in [-0.15, -0.1) is 0 Å². The molecule has 0 amide bonds. The lowest BCUT2D eigenvalue weighted by molar-refractivity contribution is -0.137. The van der Waals surface area contributed by atoms with Crippen LogP contribution in [0.5, 0.6) is 0 Å². The molecule has 2 aromatic heterocycles. The van der Waals surface area contributed by atoms with Gasteiger partial charge in [-0.25, -0.2) is 4.98 Å². The Labute approximate surface area is 194 Å². The summed E-state index contributed by atoms with van der Waals surface area (Å²) in [5.74, 6) is 1.11. The van der Waals surface area contributed by atoms with Crippen LogP contribution >= 0.6 is 0 Å². The number of aryl methyl sites for hydroxylation is 2. The molecular formula is C28H30N2O3. The van der Waals surface area contributed by atoms with Gasteiger partial charge in [-0.3, -0.25) is 4.79 Å². The third-order valence-electron chi connectivity index (χ3n) is 6.04. The Morgan fingerprint density at radius 1 is 0.909 bits per heavy atom.